The Bertz CT molecular complexity index is 490. The van der Waals surface area contributed by atoms with Crippen LogP contribution in [0.1, 0.15) is 44.3 Å². The van der Waals surface area contributed by atoms with Gasteiger partial charge in [-0.2, -0.15) is 11.3 Å². The summed E-state index contributed by atoms with van der Waals surface area (Å²) in [4.78, 5) is 2.61. The lowest BCUT2D eigenvalue weighted by atomic mass is 9.84. The molecule has 0 bridgehead atoms. The first-order valence-corrected chi connectivity index (χ1v) is 9.84. The summed E-state index contributed by atoms with van der Waals surface area (Å²) in [5.74, 6) is 0.537. The van der Waals surface area contributed by atoms with E-state index in [1.165, 1.54) is 24.9 Å². The van der Waals surface area contributed by atoms with Crippen LogP contribution in [-0.2, 0) is 14.2 Å². The second kappa shape index (κ2) is 6.81. The normalized spacial score (nSPS) is 32.6. The van der Waals surface area contributed by atoms with Crippen molar-refractivity contribution < 1.29 is 14.2 Å². The molecule has 128 valence electrons. The van der Waals surface area contributed by atoms with Gasteiger partial charge in [-0.3, -0.25) is 4.90 Å². The molecular formula is C18H27NO3S. The summed E-state index contributed by atoms with van der Waals surface area (Å²) in [6.45, 7) is 7.00. The van der Waals surface area contributed by atoms with Crippen molar-refractivity contribution in [2.24, 2.45) is 5.92 Å². The topological polar surface area (TPSA) is 30.9 Å². The van der Waals surface area contributed by atoms with Crippen LogP contribution in [0.15, 0.2) is 16.8 Å². The molecule has 23 heavy (non-hydrogen) atoms. The molecule has 0 unspecified atom stereocenters. The van der Waals surface area contributed by atoms with E-state index in [1.807, 2.05) is 0 Å². The molecular weight excluding hydrogens is 310 g/mol. The molecule has 1 spiro atoms. The number of morpholine rings is 1. The van der Waals surface area contributed by atoms with E-state index in [0.717, 1.165) is 45.1 Å². The molecule has 0 radical (unpaired) electrons. The van der Waals surface area contributed by atoms with Crippen LogP contribution in [0.25, 0.3) is 0 Å². The summed E-state index contributed by atoms with van der Waals surface area (Å²) in [7, 11) is 0. The summed E-state index contributed by atoms with van der Waals surface area (Å²) in [6, 6.07) is 2.20. The number of ether oxygens (including phenoxy) is 3. The Morgan fingerprint density at radius 2 is 2.00 bits per heavy atom. The predicted molar refractivity (Wildman–Crippen MR) is 90.6 cm³/mol. The third-order valence-electron chi connectivity index (χ3n) is 5.45. The molecule has 2 atom stereocenters. The second-order valence-electron chi connectivity index (χ2n) is 7.26. The fraction of sp³-hybridized carbons (Fsp3) is 0.778. The van der Waals surface area contributed by atoms with Crippen LogP contribution in [-0.4, -0.2) is 49.6 Å². The van der Waals surface area contributed by atoms with Crippen LogP contribution in [0.5, 0.6) is 0 Å². The number of hydrogen-bond acceptors (Lipinski definition) is 5. The molecule has 3 heterocycles. The average Bonchev–Trinajstić information content (AvgIpc) is 3.22. The second-order valence-corrected chi connectivity index (χ2v) is 8.04. The molecule has 5 heteroatoms. The van der Waals surface area contributed by atoms with Gasteiger partial charge in [-0.25, -0.2) is 0 Å². The van der Waals surface area contributed by atoms with E-state index in [4.69, 9.17) is 14.2 Å². The van der Waals surface area contributed by atoms with Gasteiger partial charge in [0, 0.05) is 32.5 Å². The van der Waals surface area contributed by atoms with E-state index in [9.17, 15) is 0 Å². The standard InChI is InChI=1S/C18H27NO3S/c1-14-10-19(12-17(22-14)16-4-9-23-13-16)11-15-2-5-18(6-3-15)20-7-8-21-18/h4,9,13-15,17H,2-3,5-8,10-12H2,1H3/t14-,17-/m0/s1. The fourth-order valence-electron chi connectivity index (χ4n) is 4.28. The Kier molecular flexibility index (Phi) is 4.74. The zero-order chi connectivity index (χ0) is 15.7. The summed E-state index contributed by atoms with van der Waals surface area (Å²) < 4.78 is 17.8. The lowest BCUT2D eigenvalue weighted by Crippen LogP contribution is -2.46. The van der Waals surface area contributed by atoms with Crippen molar-refractivity contribution in [3.63, 3.8) is 0 Å². The number of rotatable bonds is 3. The van der Waals surface area contributed by atoms with E-state index in [2.05, 4.69) is 28.7 Å². The van der Waals surface area contributed by atoms with Gasteiger partial charge in [0.2, 0.25) is 0 Å². The molecule has 1 aliphatic carbocycles. The van der Waals surface area contributed by atoms with Crippen molar-refractivity contribution in [1.82, 2.24) is 4.90 Å². The third-order valence-corrected chi connectivity index (χ3v) is 6.15. The van der Waals surface area contributed by atoms with Crippen molar-refractivity contribution in [2.45, 2.75) is 50.6 Å². The van der Waals surface area contributed by atoms with E-state index < -0.39 is 0 Å². The van der Waals surface area contributed by atoms with Crippen molar-refractivity contribution in [1.29, 1.82) is 0 Å². The largest absolute Gasteiger partial charge is 0.368 e. The number of nitrogens with zero attached hydrogens (tertiary/aromatic N) is 1. The minimum Gasteiger partial charge on any atom is -0.368 e. The van der Waals surface area contributed by atoms with Gasteiger partial charge in [0.05, 0.1) is 25.4 Å². The van der Waals surface area contributed by atoms with Crippen molar-refractivity contribution in [2.75, 3.05) is 32.8 Å². The van der Waals surface area contributed by atoms with E-state index in [1.54, 1.807) is 11.3 Å². The Labute approximate surface area is 142 Å². The molecule has 1 aromatic heterocycles. The minimum absolute atomic E-state index is 0.228. The van der Waals surface area contributed by atoms with E-state index >= 15 is 0 Å². The third kappa shape index (κ3) is 3.64. The Morgan fingerprint density at radius 1 is 1.22 bits per heavy atom. The molecule has 3 fully saturated rings. The van der Waals surface area contributed by atoms with Crippen LogP contribution in [0, 0.1) is 5.92 Å². The Hall–Kier alpha value is -0.460. The summed E-state index contributed by atoms with van der Waals surface area (Å²) in [6.07, 6.45) is 5.10. The highest BCUT2D eigenvalue weighted by molar-refractivity contribution is 7.07. The van der Waals surface area contributed by atoms with Crippen molar-refractivity contribution in [3.8, 4) is 0 Å². The molecule has 0 N–H and O–H groups in total. The molecule has 3 aliphatic rings. The van der Waals surface area contributed by atoms with Gasteiger partial charge in [-0.05, 0) is 48.1 Å². The molecule has 1 aromatic rings. The Balaban J connectivity index is 1.32. The minimum atomic E-state index is -0.228. The summed E-state index contributed by atoms with van der Waals surface area (Å²) >= 11 is 1.76. The van der Waals surface area contributed by atoms with Gasteiger partial charge in [0.15, 0.2) is 5.79 Å². The monoisotopic (exact) mass is 337 g/mol. The predicted octanol–water partition coefficient (Wildman–Crippen LogP) is 3.44. The van der Waals surface area contributed by atoms with Crippen LogP contribution in [0.3, 0.4) is 0 Å². The molecule has 1 saturated carbocycles. The van der Waals surface area contributed by atoms with Crippen LogP contribution in [0.2, 0.25) is 0 Å². The molecule has 0 aromatic carbocycles. The molecule has 2 saturated heterocycles. The maximum Gasteiger partial charge on any atom is 0.168 e. The van der Waals surface area contributed by atoms with E-state index in [0.29, 0.717) is 6.10 Å². The van der Waals surface area contributed by atoms with Gasteiger partial charge in [-0.15, -0.1) is 0 Å². The fourth-order valence-corrected chi connectivity index (χ4v) is 4.98. The highest BCUT2D eigenvalue weighted by Gasteiger charge is 2.41. The van der Waals surface area contributed by atoms with Crippen LogP contribution >= 0.6 is 11.3 Å². The van der Waals surface area contributed by atoms with Crippen molar-refractivity contribution in [3.05, 3.63) is 22.4 Å². The Morgan fingerprint density at radius 3 is 2.70 bits per heavy atom. The van der Waals surface area contributed by atoms with Crippen molar-refractivity contribution >= 4 is 11.3 Å². The number of thiophene rings is 1. The molecule has 2 aliphatic heterocycles. The smallest absolute Gasteiger partial charge is 0.168 e. The average molecular weight is 337 g/mol. The van der Waals surface area contributed by atoms with Gasteiger partial charge < -0.3 is 14.2 Å². The number of hydrogen-bond donors (Lipinski definition) is 0. The van der Waals surface area contributed by atoms with Gasteiger partial charge in [-0.1, -0.05) is 0 Å². The lowest BCUT2D eigenvalue weighted by molar-refractivity contribution is -0.184. The van der Waals surface area contributed by atoms with E-state index in [-0.39, 0.29) is 11.9 Å². The molecule has 0 amide bonds. The van der Waals surface area contributed by atoms with Gasteiger partial charge in [0.25, 0.3) is 0 Å². The zero-order valence-electron chi connectivity index (χ0n) is 13.9. The SMILES string of the molecule is C[C@H]1CN(CC2CCC3(CC2)OCCO3)C[C@@H](c2ccsc2)O1. The first-order valence-electron chi connectivity index (χ1n) is 8.90. The highest BCUT2D eigenvalue weighted by Crippen LogP contribution is 2.39. The lowest BCUT2D eigenvalue weighted by Gasteiger charge is -2.41. The summed E-state index contributed by atoms with van der Waals surface area (Å²) in [5.41, 5.74) is 1.34. The molecule has 4 nitrogen and oxygen atoms in total. The van der Waals surface area contributed by atoms with Crippen LogP contribution < -0.4 is 0 Å². The summed E-state index contributed by atoms with van der Waals surface area (Å²) in [5, 5.41) is 4.37. The molecule has 4 rings (SSSR count). The quantitative estimate of drug-likeness (QED) is 0.845. The first kappa shape index (κ1) is 16.0. The van der Waals surface area contributed by atoms with Crippen LogP contribution in [0.4, 0.5) is 0 Å². The first-order chi connectivity index (χ1) is 11.2. The maximum absolute atomic E-state index is 6.15. The maximum atomic E-state index is 6.15. The van der Waals surface area contributed by atoms with Gasteiger partial charge >= 0.3 is 0 Å². The van der Waals surface area contributed by atoms with Gasteiger partial charge in [0.1, 0.15) is 0 Å². The highest BCUT2D eigenvalue weighted by atomic mass is 32.1. The zero-order valence-corrected chi connectivity index (χ0v) is 14.7.